The third kappa shape index (κ3) is 1.99. The molecular weight excluding hydrogens is 254 g/mol. The van der Waals surface area contributed by atoms with Crippen LogP contribution in [0.15, 0.2) is 18.2 Å². The van der Waals surface area contributed by atoms with Crippen molar-refractivity contribution in [3.63, 3.8) is 0 Å². The maximum atomic E-state index is 13.0. The van der Waals surface area contributed by atoms with Gasteiger partial charge in [0.25, 0.3) is 0 Å². The lowest BCUT2D eigenvalue weighted by Gasteiger charge is -2.00. The molecule has 0 unspecified atom stereocenters. The van der Waals surface area contributed by atoms with Crippen LogP contribution in [0.2, 0.25) is 5.15 Å². The first-order chi connectivity index (χ1) is 8.00. The average Bonchev–Trinajstić information content (AvgIpc) is 2.64. The number of hydrogen-bond donors (Lipinski definition) is 2. The summed E-state index contributed by atoms with van der Waals surface area (Å²) in [4.78, 5) is 10.9. The van der Waals surface area contributed by atoms with Gasteiger partial charge in [-0.1, -0.05) is 11.6 Å². The fourth-order valence-electron chi connectivity index (χ4n) is 1.37. The van der Waals surface area contributed by atoms with Crippen molar-refractivity contribution in [3.05, 3.63) is 40.6 Å². The van der Waals surface area contributed by atoms with Gasteiger partial charge in [0.1, 0.15) is 16.4 Å². The number of carboxylic acids is 1. The fourth-order valence-corrected chi connectivity index (χ4v) is 1.58. The van der Waals surface area contributed by atoms with Gasteiger partial charge in [0.2, 0.25) is 0 Å². The molecule has 4 nitrogen and oxygen atoms in total. The number of rotatable bonds is 2. The quantitative estimate of drug-likeness (QED) is 0.870. The second kappa shape index (κ2) is 4.14. The van der Waals surface area contributed by atoms with Gasteiger partial charge in [-0.25, -0.2) is 13.6 Å². The van der Waals surface area contributed by atoms with Gasteiger partial charge in [0.15, 0.2) is 11.6 Å². The number of nitrogens with one attached hydrogen (secondary N) is 1. The Morgan fingerprint density at radius 1 is 1.35 bits per heavy atom. The van der Waals surface area contributed by atoms with Crippen molar-refractivity contribution in [1.29, 1.82) is 0 Å². The van der Waals surface area contributed by atoms with Crippen molar-refractivity contribution >= 4 is 17.6 Å². The number of aromatic nitrogens is 2. The number of halogens is 3. The standard InChI is InChI=1S/C10H5ClF2N2O2/c11-9-7(10(16)17)8(14-15-9)4-1-2-5(12)6(13)3-4/h1-3H,(H,14,15)(H,16,17). The summed E-state index contributed by atoms with van der Waals surface area (Å²) in [6.45, 7) is 0. The first-order valence-corrected chi connectivity index (χ1v) is 4.81. The van der Waals surface area contributed by atoms with Crippen LogP contribution >= 0.6 is 11.6 Å². The van der Waals surface area contributed by atoms with Crippen LogP contribution in [0, 0.1) is 11.6 Å². The molecule has 0 saturated heterocycles. The highest BCUT2D eigenvalue weighted by molar-refractivity contribution is 6.33. The lowest BCUT2D eigenvalue weighted by atomic mass is 10.1. The number of hydrogen-bond acceptors (Lipinski definition) is 2. The molecule has 0 bridgehead atoms. The largest absolute Gasteiger partial charge is 0.478 e. The Morgan fingerprint density at radius 3 is 2.65 bits per heavy atom. The van der Waals surface area contributed by atoms with Gasteiger partial charge in [-0.05, 0) is 18.2 Å². The van der Waals surface area contributed by atoms with Crippen LogP contribution in [-0.2, 0) is 0 Å². The predicted molar refractivity (Wildman–Crippen MR) is 55.9 cm³/mol. The first kappa shape index (κ1) is 11.5. The van der Waals surface area contributed by atoms with Gasteiger partial charge < -0.3 is 5.11 Å². The van der Waals surface area contributed by atoms with Gasteiger partial charge in [-0.2, -0.15) is 5.10 Å². The molecule has 2 N–H and O–H groups in total. The molecule has 0 atom stereocenters. The minimum absolute atomic E-state index is 0.0404. The predicted octanol–water partition coefficient (Wildman–Crippen LogP) is 2.71. The second-order valence-electron chi connectivity index (χ2n) is 3.20. The summed E-state index contributed by atoms with van der Waals surface area (Å²) in [6, 6.07) is 2.96. The first-order valence-electron chi connectivity index (χ1n) is 4.43. The monoisotopic (exact) mass is 258 g/mol. The maximum Gasteiger partial charge on any atom is 0.341 e. The molecule has 7 heteroatoms. The molecule has 1 heterocycles. The zero-order valence-electron chi connectivity index (χ0n) is 8.17. The molecule has 0 aliphatic rings. The molecule has 0 radical (unpaired) electrons. The van der Waals surface area contributed by atoms with E-state index in [1.165, 1.54) is 6.07 Å². The topological polar surface area (TPSA) is 66.0 Å². The van der Waals surface area contributed by atoms with Gasteiger partial charge in [0.05, 0.1) is 0 Å². The van der Waals surface area contributed by atoms with Crippen LogP contribution in [0.1, 0.15) is 10.4 Å². The Labute approximate surface area is 98.8 Å². The number of nitrogens with zero attached hydrogens (tertiary/aromatic N) is 1. The molecule has 0 aliphatic heterocycles. The highest BCUT2D eigenvalue weighted by Gasteiger charge is 2.20. The van der Waals surface area contributed by atoms with Crippen molar-refractivity contribution < 1.29 is 18.7 Å². The summed E-state index contributed by atoms with van der Waals surface area (Å²) in [5.41, 5.74) is -0.191. The summed E-state index contributed by atoms with van der Waals surface area (Å²) < 4.78 is 25.7. The molecule has 17 heavy (non-hydrogen) atoms. The van der Waals surface area contributed by atoms with Crippen LogP contribution in [0.25, 0.3) is 11.3 Å². The number of carboxylic acid groups (broad SMARTS) is 1. The Bertz CT molecular complexity index is 598. The smallest absolute Gasteiger partial charge is 0.341 e. The third-order valence-electron chi connectivity index (χ3n) is 2.13. The SMILES string of the molecule is O=C(O)c1c(-c2ccc(F)c(F)c2)n[nH]c1Cl. The minimum atomic E-state index is -1.30. The van der Waals surface area contributed by atoms with E-state index >= 15 is 0 Å². The van der Waals surface area contributed by atoms with Crippen molar-refractivity contribution in [2.45, 2.75) is 0 Å². The maximum absolute atomic E-state index is 13.0. The van der Waals surface area contributed by atoms with Gasteiger partial charge in [-0.15, -0.1) is 0 Å². The van der Waals surface area contributed by atoms with Gasteiger partial charge in [0, 0.05) is 5.56 Å². The fraction of sp³-hybridized carbons (Fsp3) is 0. The number of H-pyrrole nitrogens is 1. The molecule has 0 spiro atoms. The van der Waals surface area contributed by atoms with Crippen LogP contribution in [-0.4, -0.2) is 21.3 Å². The van der Waals surface area contributed by atoms with Crippen LogP contribution < -0.4 is 0 Å². The number of aromatic carboxylic acids is 1. The molecule has 1 aromatic heterocycles. The summed E-state index contributed by atoms with van der Waals surface area (Å²) >= 11 is 5.59. The number of benzene rings is 1. The van der Waals surface area contributed by atoms with Crippen LogP contribution in [0.5, 0.6) is 0 Å². The molecule has 0 saturated carbocycles. The summed E-state index contributed by atoms with van der Waals surface area (Å²) in [6.07, 6.45) is 0. The number of carbonyl (C=O) groups is 1. The van der Waals surface area contributed by atoms with Crippen molar-refractivity contribution in [3.8, 4) is 11.3 Å². The molecule has 0 aliphatic carbocycles. The van der Waals surface area contributed by atoms with Crippen molar-refractivity contribution in [1.82, 2.24) is 10.2 Å². The lowest BCUT2D eigenvalue weighted by Crippen LogP contribution is -1.98. The van der Waals surface area contributed by atoms with E-state index in [0.29, 0.717) is 0 Å². The Balaban J connectivity index is 2.60. The molecule has 0 fully saturated rings. The van der Waals surface area contributed by atoms with Gasteiger partial charge in [-0.3, -0.25) is 5.10 Å². The highest BCUT2D eigenvalue weighted by atomic mass is 35.5. The lowest BCUT2D eigenvalue weighted by molar-refractivity contribution is 0.0698. The van der Waals surface area contributed by atoms with E-state index in [2.05, 4.69) is 10.2 Å². The van der Waals surface area contributed by atoms with Crippen LogP contribution in [0.3, 0.4) is 0 Å². The molecule has 2 aromatic rings. The average molecular weight is 259 g/mol. The van der Waals surface area contributed by atoms with E-state index in [1.54, 1.807) is 0 Å². The third-order valence-corrected chi connectivity index (χ3v) is 2.40. The Hall–Kier alpha value is -1.95. The molecule has 1 aromatic carbocycles. The summed E-state index contributed by atoms with van der Waals surface area (Å²) in [5.74, 6) is -3.41. The van der Waals surface area contributed by atoms with E-state index < -0.39 is 17.6 Å². The molecule has 0 amide bonds. The normalized spacial score (nSPS) is 10.5. The van der Waals surface area contributed by atoms with E-state index in [4.69, 9.17) is 16.7 Å². The Kier molecular flexibility index (Phi) is 2.81. The zero-order chi connectivity index (χ0) is 12.6. The van der Waals surface area contributed by atoms with E-state index in [-0.39, 0.29) is 22.0 Å². The van der Waals surface area contributed by atoms with Crippen LogP contribution in [0.4, 0.5) is 8.78 Å². The highest BCUT2D eigenvalue weighted by Crippen LogP contribution is 2.27. The van der Waals surface area contributed by atoms with E-state index in [9.17, 15) is 13.6 Å². The molecule has 88 valence electrons. The minimum Gasteiger partial charge on any atom is -0.478 e. The van der Waals surface area contributed by atoms with E-state index in [0.717, 1.165) is 12.1 Å². The summed E-state index contributed by atoms with van der Waals surface area (Å²) in [7, 11) is 0. The van der Waals surface area contributed by atoms with Gasteiger partial charge >= 0.3 is 5.97 Å². The zero-order valence-corrected chi connectivity index (χ0v) is 8.92. The summed E-state index contributed by atoms with van der Waals surface area (Å²) in [5, 5.41) is 14.7. The number of aromatic amines is 1. The molecule has 2 rings (SSSR count). The van der Waals surface area contributed by atoms with Crippen molar-refractivity contribution in [2.24, 2.45) is 0 Å². The van der Waals surface area contributed by atoms with Crippen molar-refractivity contribution in [2.75, 3.05) is 0 Å². The Morgan fingerprint density at radius 2 is 2.06 bits per heavy atom. The second-order valence-corrected chi connectivity index (χ2v) is 3.57. The van der Waals surface area contributed by atoms with E-state index in [1.807, 2.05) is 0 Å². The molecular formula is C10H5ClF2N2O2.